The van der Waals surface area contributed by atoms with Crippen LogP contribution >= 0.6 is 0 Å². The Morgan fingerprint density at radius 2 is 1.42 bits per heavy atom. The highest BCUT2D eigenvalue weighted by Gasteiger charge is 2.07. The number of rotatable bonds is 7. The zero-order valence-corrected chi connectivity index (χ0v) is 13.2. The van der Waals surface area contributed by atoms with Gasteiger partial charge in [-0.25, -0.2) is 0 Å². The summed E-state index contributed by atoms with van der Waals surface area (Å²) in [7, 11) is 0. The van der Waals surface area contributed by atoms with Crippen LogP contribution in [0.3, 0.4) is 0 Å². The molecule has 0 saturated heterocycles. The summed E-state index contributed by atoms with van der Waals surface area (Å²) in [5.41, 5.74) is 1.91. The Kier molecular flexibility index (Phi) is 5.43. The Hall–Kier alpha value is -2.85. The third-order valence-electron chi connectivity index (χ3n) is 3.57. The molecule has 0 aliphatic heterocycles. The number of aliphatic hydroxyl groups excluding tert-OH is 1. The van der Waals surface area contributed by atoms with Crippen LogP contribution in [0.5, 0.6) is 11.5 Å². The van der Waals surface area contributed by atoms with Crippen molar-refractivity contribution in [1.29, 1.82) is 0 Å². The van der Waals surface area contributed by atoms with Gasteiger partial charge in [0.2, 0.25) is 0 Å². The standard InChI is InChI=1S/C20H19NO3/c22-20(17-4-2-1-3-5-17)15-24-19-8-6-18(7-9-19)23-14-16-10-12-21-13-11-16/h1-13,20,22H,14-15H2. The summed E-state index contributed by atoms with van der Waals surface area (Å²) in [5.74, 6) is 1.46. The van der Waals surface area contributed by atoms with E-state index < -0.39 is 6.10 Å². The van der Waals surface area contributed by atoms with Crippen molar-refractivity contribution in [2.45, 2.75) is 12.7 Å². The molecule has 0 saturated carbocycles. The molecule has 0 aliphatic rings. The molecule has 0 aliphatic carbocycles. The van der Waals surface area contributed by atoms with Gasteiger partial charge in [-0.1, -0.05) is 30.3 Å². The summed E-state index contributed by atoms with van der Waals surface area (Å²) in [6, 6.07) is 20.7. The summed E-state index contributed by atoms with van der Waals surface area (Å²) in [6.45, 7) is 0.705. The molecule has 0 amide bonds. The third kappa shape index (κ3) is 4.57. The maximum Gasteiger partial charge on any atom is 0.120 e. The van der Waals surface area contributed by atoms with E-state index in [0.717, 1.165) is 16.9 Å². The molecule has 3 rings (SSSR count). The maximum atomic E-state index is 10.1. The molecular weight excluding hydrogens is 302 g/mol. The highest BCUT2D eigenvalue weighted by atomic mass is 16.5. The van der Waals surface area contributed by atoms with Crippen LogP contribution in [-0.2, 0) is 6.61 Å². The van der Waals surface area contributed by atoms with Gasteiger partial charge in [0.05, 0.1) is 0 Å². The number of aliphatic hydroxyl groups is 1. The average Bonchev–Trinajstić information content (AvgIpc) is 2.67. The van der Waals surface area contributed by atoms with Crippen molar-refractivity contribution in [1.82, 2.24) is 4.98 Å². The predicted molar refractivity (Wildman–Crippen MR) is 91.9 cm³/mol. The molecule has 0 fully saturated rings. The van der Waals surface area contributed by atoms with Gasteiger partial charge >= 0.3 is 0 Å². The molecule has 2 aromatic carbocycles. The van der Waals surface area contributed by atoms with E-state index in [1.54, 1.807) is 12.4 Å². The lowest BCUT2D eigenvalue weighted by Crippen LogP contribution is -2.09. The van der Waals surface area contributed by atoms with Gasteiger partial charge in [-0.3, -0.25) is 4.98 Å². The van der Waals surface area contributed by atoms with Crippen LogP contribution in [0, 0.1) is 0 Å². The number of nitrogens with zero attached hydrogens (tertiary/aromatic N) is 1. The molecule has 0 bridgehead atoms. The molecule has 0 radical (unpaired) electrons. The van der Waals surface area contributed by atoms with Gasteiger partial charge in [-0.15, -0.1) is 0 Å². The second kappa shape index (κ2) is 8.13. The Labute approximate surface area is 141 Å². The number of ether oxygens (including phenoxy) is 2. The van der Waals surface area contributed by atoms with Crippen molar-refractivity contribution >= 4 is 0 Å². The van der Waals surface area contributed by atoms with E-state index in [2.05, 4.69) is 4.98 Å². The van der Waals surface area contributed by atoms with E-state index in [9.17, 15) is 5.11 Å². The number of hydrogen-bond acceptors (Lipinski definition) is 4. The predicted octanol–water partition coefficient (Wildman–Crippen LogP) is 3.77. The van der Waals surface area contributed by atoms with Gasteiger partial charge in [-0.05, 0) is 47.5 Å². The normalized spacial score (nSPS) is 11.7. The molecule has 1 atom stereocenters. The quantitative estimate of drug-likeness (QED) is 0.719. The van der Waals surface area contributed by atoms with E-state index >= 15 is 0 Å². The minimum Gasteiger partial charge on any atom is -0.491 e. The number of pyridine rings is 1. The zero-order valence-electron chi connectivity index (χ0n) is 13.2. The van der Waals surface area contributed by atoms with Crippen LogP contribution in [-0.4, -0.2) is 16.7 Å². The fourth-order valence-corrected chi connectivity index (χ4v) is 2.22. The van der Waals surface area contributed by atoms with Gasteiger partial charge in [0, 0.05) is 12.4 Å². The second-order valence-corrected chi connectivity index (χ2v) is 5.35. The average molecular weight is 321 g/mol. The van der Waals surface area contributed by atoms with Crippen LogP contribution in [0.2, 0.25) is 0 Å². The largest absolute Gasteiger partial charge is 0.491 e. The van der Waals surface area contributed by atoms with Crippen molar-refractivity contribution in [2.75, 3.05) is 6.61 Å². The fourth-order valence-electron chi connectivity index (χ4n) is 2.22. The molecule has 1 heterocycles. The van der Waals surface area contributed by atoms with E-state index in [1.807, 2.05) is 66.7 Å². The molecular formula is C20H19NO3. The lowest BCUT2D eigenvalue weighted by Gasteiger charge is -2.13. The van der Waals surface area contributed by atoms with Crippen molar-refractivity contribution in [3.63, 3.8) is 0 Å². The topological polar surface area (TPSA) is 51.6 Å². The van der Waals surface area contributed by atoms with Crippen LogP contribution < -0.4 is 9.47 Å². The van der Waals surface area contributed by atoms with Crippen LogP contribution in [0.15, 0.2) is 79.1 Å². The van der Waals surface area contributed by atoms with Gasteiger partial charge in [0.25, 0.3) is 0 Å². The van der Waals surface area contributed by atoms with Crippen LogP contribution in [0.1, 0.15) is 17.2 Å². The van der Waals surface area contributed by atoms with E-state index in [-0.39, 0.29) is 6.61 Å². The first kappa shape index (κ1) is 16.0. The van der Waals surface area contributed by atoms with Crippen molar-refractivity contribution in [3.05, 3.63) is 90.3 Å². The van der Waals surface area contributed by atoms with Crippen LogP contribution in [0.25, 0.3) is 0 Å². The van der Waals surface area contributed by atoms with Gasteiger partial charge in [0.1, 0.15) is 30.8 Å². The Bertz CT molecular complexity index is 730. The summed E-state index contributed by atoms with van der Waals surface area (Å²) in [5, 5.41) is 10.1. The molecule has 4 nitrogen and oxygen atoms in total. The molecule has 1 N–H and O–H groups in total. The number of aromatic nitrogens is 1. The Morgan fingerprint density at radius 3 is 2.08 bits per heavy atom. The second-order valence-electron chi connectivity index (χ2n) is 5.35. The van der Waals surface area contributed by atoms with Crippen molar-refractivity contribution in [2.24, 2.45) is 0 Å². The molecule has 1 aromatic heterocycles. The molecule has 0 spiro atoms. The van der Waals surface area contributed by atoms with E-state index in [4.69, 9.17) is 9.47 Å². The SMILES string of the molecule is OC(COc1ccc(OCc2ccncc2)cc1)c1ccccc1. The molecule has 3 aromatic rings. The van der Waals surface area contributed by atoms with Crippen LogP contribution in [0.4, 0.5) is 0 Å². The third-order valence-corrected chi connectivity index (χ3v) is 3.57. The first-order chi connectivity index (χ1) is 11.8. The highest BCUT2D eigenvalue weighted by Crippen LogP contribution is 2.20. The zero-order chi connectivity index (χ0) is 16.6. The lowest BCUT2D eigenvalue weighted by molar-refractivity contribution is 0.108. The maximum absolute atomic E-state index is 10.1. The smallest absolute Gasteiger partial charge is 0.120 e. The van der Waals surface area contributed by atoms with E-state index in [0.29, 0.717) is 12.4 Å². The summed E-state index contributed by atoms with van der Waals surface area (Å²) < 4.78 is 11.3. The van der Waals surface area contributed by atoms with Gasteiger partial charge in [0.15, 0.2) is 0 Å². The Morgan fingerprint density at radius 1 is 0.792 bits per heavy atom. The minimum atomic E-state index is -0.645. The summed E-state index contributed by atoms with van der Waals surface area (Å²) >= 11 is 0. The number of benzene rings is 2. The fraction of sp³-hybridized carbons (Fsp3) is 0.150. The number of hydrogen-bond donors (Lipinski definition) is 1. The molecule has 122 valence electrons. The van der Waals surface area contributed by atoms with Crippen molar-refractivity contribution in [3.8, 4) is 11.5 Å². The summed E-state index contributed by atoms with van der Waals surface area (Å²) in [6.07, 6.45) is 2.84. The molecule has 24 heavy (non-hydrogen) atoms. The first-order valence-corrected chi connectivity index (χ1v) is 7.79. The van der Waals surface area contributed by atoms with Gasteiger partial charge < -0.3 is 14.6 Å². The summed E-state index contributed by atoms with van der Waals surface area (Å²) in [4.78, 5) is 3.98. The van der Waals surface area contributed by atoms with Crippen molar-refractivity contribution < 1.29 is 14.6 Å². The lowest BCUT2D eigenvalue weighted by atomic mass is 10.1. The molecule has 1 unspecified atom stereocenters. The molecule has 4 heteroatoms. The minimum absolute atomic E-state index is 0.210. The van der Waals surface area contributed by atoms with E-state index in [1.165, 1.54) is 0 Å². The Balaban J connectivity index is 1.49. The van der Waals surface area contributed by atoms with Gasteiger partial charge in [-0.2, -0.15) is 0 Å². The highest BCUT2D eigenvalue weighted by molar-refractivity contribution is 5.31. The monoisotopic (exact) mass is 321 g/mol. The first-order valence-electron chi connectivity index (χ1n) is 7.79.